The van der Waals surface area contributed by atoms with Crippen LogP contribution in [-0.2, 0) is 9.53 Å². The third-order valence-corrected chi connectivity index (χ3v) is 4.12. The van der Waals surface area contributed by atoms with Crippen LogP contribution in [0.5, 0.6) is 0 Å². The first-order valence-electron chi connectivity index (χ1n) is 6.37. The first-order chi connectivity index (χ1) is 9.15. The van der Waals surface area contributed by atoms with Gasteiger partial charge in [0.2, 0.25) is 0 Å². The predicted octanol–water partition coefficient (Wildman–Crippen LogP) is 1.03. The van der Waals surface area contributed by atoms with Crippen molar-refractivity contribution in [2.75, 3.05) is 26.2 Å². The molecule has 1 aliphatic heterocycles. The topological polar surface area (TPSA) is 58.6 Å². The van der Waals surface area contributed by atoms with Crippen LogP contribution in [0.2, 0.25) is 0 Å². The molecule has 1 fully saturated rings. The predicted molar refractivity (Wildman–Crippen MR) is 73.4 cm³/mol. The molecular weight excluding hydrogens is 264 g/mol. The molecule has 1 aromatic heterocycles. The molecule has 1 amide bonds. The van der Waals surface area contributed by atoms with Gasteiger partial charge in [0.05, 0.1) is 11.5 Å². The Labute approximate surface area is 116 Å². The van der Waals surface area contributed by atoms with E-state index in [1.807, 2.05) is 18.4 Å². The standard InChI is InChI=1S/C13H18N2O3S/c1-3-18-13(17)10-8-14-5-6-15(10)12(16)11-9(2)4-7-19-11/h4,7,10,14H,3,5-6,8H2,1-2H3. The summed E-state index contributed by atoms with van der Waals surface area (Å²) in [5.41, 5.74) is 0.955. The molecule has 0 saturated carbocycles. The number of carbonyl (C=O) groups excluding carboxylic acids is 2. The highest BCUT2D eigenvalue weighted by atomic mass is 32.1. The maximum absolute atomic E-state index is 12.5. The van der Waals surface area contributed by atoms with Crippen molar-refractivity contribution in [2.24, 2.45) is 0 Å². The summed E-state index contributed by atoms with van der Waals surface area (Å²) < 4.78 is 5.04. The number of carbonyl (C=O) groups is 2. The largest absolute Gasteiger partial charge is 0.464 e. The summed E-state index contributed by atoms with van der Waals surface area (Å²) in [6.07, 6.45) is 0. The van der Waals surface area contributed by atoms with E-state index >= 15 is 0 Å². The summed E-state index contributed by atoms with van der Waals surface area (Å²) in [6, 6.07) is 1.39. The fourth-order valence-electron chi connectivity index (χ4n) is 2.12. The van der Waals surface area contributed by atoms with Crippen LogP contribution in [0, 0.1) is 6.92 Å². The molecule has 1 N–H and O–H groups in total. The zero-order valence-corrected chi connectivity index (χ0v) is 12.0. The molecule has 2 rings (SSSR count). The van der Waals surface area contributed by atoms with Gasteiger partial charge >= 0.3 is 5.97 Å². The summed E-state index contributed by atoms with van der Waals surface area (Å²) in [5.74, 6) is -0.413. The Bertz CT molecular complexity index is 472. The molecule has 0 spiro atoms. The molecule has 0 aromatic carbocycles. The Kier molecular flexibility index (Phi) is 4.55. The normalized spacial score (nSPS) is 19.3. The van der Waals surface area contributed by atoms with Crippen molar-refractivity contribution in [1.29, 1.82) is 0 Å². The highest BCUT2D eigenvalue weighted by molar-refractivity contribution is 7.12. The SMILES string of the molecule is CCOC(=O)C1CNCCN1C(=O)c1sccc1C. The van der Waals surface area contributed by atoms with Crippen molar-refractivity contribution in [1.82, 2.24) is 10.2 Å². The second-order valence-corrected chi connectivity index (χ2v) is 5.32. The molecule has 2 heterocycles. The van der Waals surface area contributed by atoms with Crippen LogP contribution >= 0.6 is 11.3 Å². The van der Waals surface area contributed by atoms with Crippen LogP contribution in [0.4, 0.5) is 0 Å². The zero-order valence-electron chi connectivity index (χ0n) is 11.1. The van der Waals surface area contributed by atoms with E-state index in [1.165, 1.54) is 11.3 Å². The summed E-state index contributed by atoms with van der Waals surface area (Å²) in [5, 5.41) is 5.02. The maximum Gasteiger partial charge on any atom is 0.330 e. The van der Waals surface area contributed by atoms with Gasteiger partial charge in [-0.1, -0.05) is 0 Å². The molecule has 0 radical (unpaired) electrons. The van der Waals surface area contributed by atoms with E-state index in [0.717, 1.165) is 5.56 Å². The Hall–Kier alpha value is -1.40. The van der Waals surface area contributed by atoms with Crippen molar-refractivity contribution in [3.8, 4) is 0 Å². The van der Waals surface area contributed by atoms with Gasteiger partial charge in [-0.3, -0.25) is 4.79 Å². The van der Waals surface area contributed by atoms with Gasteiger partial charge in [0.15, 0.2) is 0 Å². The molecule has 104 valence electrons. The van der Waals surface area contributed by atoms with E-state index in [2.05, 4.69) is 5.32 Å². The highest BCUT2D eigenvalue weighted by Crippen LogP contribution is 2.20. The number of amides is 1. The number of aryl methyl sites for hydroxylation is 1. The second kappa shape index (κ2) is 6.16. The summed E-state index contributed by atoms with van der Waals surface area (Å²) in [4.78, 5) is 26.7. The van der Waals surface area contributed by atoms with Gasteiger partial charge in [-0.05, 0) is 30.9 Å². The van der Waals surface area contributed by atoms with E-state index in [9.17, 15) is 9.59 Å². The van der Waals surface area contributed by atoms with Crippen molar-refractivity contribution in [3.63, 3.8) is 0 Å². The lowest BCUT2D eigenvalue weighted by molar-refractivity contribution is -0.149. The van der Waals surface area contributed by atoms with Crippen molar-refractivity contribution in [3.05, 3.63) is 21.9 Å². The Morgan fingerprint density at radius 3 is 3.00 bits per heavy atom. The number of hydrogen-bond acceptors (Lipinski definition) is 5. The lowest BCUT2D eigenvalue weighted by Crippen LogP contribution is -2.57. The van der Waals surface area contributed by atoms with Crippen molar-refractivity contribution in [2.45, 2.75) is 19.9 Å². The molecule has 19 heavy (non-hydrogen) atoms. The maximum atomic E-state index is 12.5. The summed E-state index contributed by atoms with van der Waals surface area (Å²) in [7, 11) is 0. The van der Waals surface area contributed by atoms with Crippen LogP contribution in [-0.4, -0.2) is 49.1 Å². The van der Waals surface area contributed by atoms with Gasteiger partial charge in [0, 0.05) is 19.6 Å². The molecule has 1 unspecified atom stereocenters. The number of nitrogens with one attached hydrogen (secondary N) is 1. The van der Waals surface area contributed by atoms with Gasteiger partial charge in [0.1, 0.15) is 6.04 Å². The van der Waals surface area contributed by atoms with Gasteiger partial charge in [0.25, 0.3) is 5.91 Å². The molecule has 0 aliphatic carbocycles. The molecule has 5 nitrogen and oxygen atoms in total. The average molecular weight is 282 g/mol. The molecular formula is C13H18N2O3S. The first-order valence-corrected chi connectivity index (χ1v) is 7.25. The van der Waals surface area contributed by atoms with Crippen molar-refractivity contribution >= 4 is 23.2 Å². The molecule has 1 aromatic rings. The Morgan fingerprint density at radius 1 is 1.58 bits per heavy atom. The van der Waals surface area contributed by atoms with Gasteiger partial charge in [-0.25, -0.2) is 4.79 Å². The quantitative estimate of drug-likeness (QED) is 0.841. The Morgan fingerprint density at radius 2 is 2.37 bits per heavy atom. The van der Waals surface area contributed by atoms with E-state index < -0.39 is 6.04 Å². The summed E-state index contributed by atoms with van der Waals surface area (Å²) in [6.45, 7) is 5.69. The van der Waals surface area contributed by atoms with E-state index in [-0.39, 0.29) is 11.9 Å². The number of rotatable bonds is 3. The van der Waals surface area contributed by atoms with Gasteiger partial charge in [-0.2, -0.15) is 0 Å². The van der Waals surface area contributed by atoms with Crippen LogP contribution in [0.25, 0.3) is 0 Å². The molecule has 0 bridgehead atoms. The molecule has 1 aliphatic rings. The van der Waals surface area contributed by atoms with E-state index in [4.69, 9.17) is 4.74 Å². The lowest BCUT2D eigenvalue weighted by Gasteiger charge is -2.34. The minimum absolute atomic E-state index is 0.0768. The van der Waals surface area contributed by atoms with Crippen LogP contribution in [0.1, 0.15) is 22.2 Å². The van der Waals surface area contributed by atoms with E-state index in [0.29, 0.717) is 31.1 Å². The van der Waals surface area contributed by atoms with Crippen molar-refractivity contribution < 1.29 is 14.3 Å². The number of nitrogens with zero attached hydrogens (tertiary/aromatic N) is 1. The van der Waals surface area contributed by atoms with Crippen LogP contribution in [0.3, 0.4) is 0 Å². The number of piperazine rings is 1. The average Bonchev–Trinajstić information content (AvgIpc) is 2.84. The monoisotopic (exact) mass is 282 g/mol. The smallest absolute Gasteiger partial charge is 0.330 e. The summed E-state index contributed by atoms with van der Waals surface area (Å²) >= 11 is 1.41. The number of ether oxygens (including phenoxy) is 1. The first kappa shape index (κ1) is 14.0. The fourth-order valence-corrected chi connectivity index (χ4v) is 3.00. The van der Waals surface area contributed by atoms with Crippen LogP contribution < -0.4 is 5.32 Å². The lowest BCUT2D eigenvalue weighted by atomic mass is 10.1. The zero-order chi connectivity index (χ0) is 13.8. The number of esters is 1. The minimum atomic E-state index is -0.525. The second-order valence-electron chi connectivity index (χ2n) is 4.40. The minimum Gasteiger partial charge on any atom is -0.464 e. The molecule has 1 saturated heterocycles. The molecule has 1 atom stereocenters. The van der Waals surface area contributed by atoms with Crippen LogP contribution in [0.15, 0.2) is 11.4 Å². The Balaban J connectivity index is 2.18. The third kappa shape index (κ3) is 2.96. The highest BCUT2D eigenvalue weighted by Gasteiger charge is 2.34. The number of hydrogen-bond donors (Lipinski definition) is 1. The molecule has 6 heteroatoms. The van der Waals surface area contributed by atoms with Gasteiger partial charge < -0.3 is 15.0 Å². The third-order valence-electron chi connectivity index (χ3n) is 3.12. The number of thiophene rings is 1. The fraction of sp³-hybridized carbons (Fsp3) is 0.538. The van der Waals surface area contributed by atoms with Gasteiger partial charge in [-0.15, -0.1) is 11.3 Å². The van der Waals surface area contributed by atoms with E-state index in [1.54, 1.807) is 11.8 Å².